The number of aliphatic imine (C=N–C) groups is 1. The van der Waals surface area contributed by atoms with Crippen LogP contribution < -0.4 is 10.6 Å². The van der Waals surface area contributed by atoms with Gasteiger partial charge >= 0.3 is 0 Å². The van der Waals surface area contributed by atoms with Crippen molar-refractivity contribution in [2.75, 3.05) is 13.1 Å². The van der Waals surface area contributed by atoms with Crippen molar-refractivity contribution < 1.29 is 4.39 Å². The van der Waals surface area contributed by atoms with E-state index in [9.17, 15) is 4.39 Å². The first kappa shape index (κ1) is 16.1. The maximum atomic E-state index is 12.9. The van der Waals surface area contributed by atoms with E-state index in [1.165, 1.54) is 12.1 Å². The Kier molecular flexibility index (Phi) is 8.75. The van der Waals surface area contributed by atoms with Crippen LogP contribution in [-0.2, 0) is 6.54 Å². The smallest absolute Gasteiger partial charge is 0.191 e. The maximum absolute atomic E-state index is 12.9. The van der Waals surface area contributed by atoms with Gasteiger partial charge in [0.2, 0.25) is 0 Å². The third-order valence-electron chi connectivity index (χ3n) is 2.00. The van der Waals surface area contributed by atoms with E-state index in [1.807, 2.05) is 19.9 Å². The normalized spacial score (nSPS) is 9.12. The molecule has 0 fully saturated rings. The van der Waals surface area contributed by atoms with Gasteiger partial charge in [-0.1, -0.05) is 12.1 Å². The molecule has 0 aliphatic rings. The minimum Gasteiger partial charge on any atom is -0.357 e. The molecule has 1 rings (SSSR count). The van der Waals surface area contributed by atoms with Gasteiger partial charge in [-0.3, -0.25) is 0 Å². The van der Waals surface area contributed by atoms with Crippen molar-refractivity contribution in [1.82, 2.24) is 10.6 Å². The highest BCUT2D eigenvalue weighted by Crippen LogP contribution is 2.04. The zero-order valence-electron chi connectivity index (χ0n) is 10.2. The maximum Gasteiger partial charge on any atom is 0.191 e. The molecule has 2 N–H and O–H groups in total. The molecule has 0 saturated heterocycles. The molecule has 3 nitrogen and oxygen atoms in total. The van der Waals surface area contributed by atoms with Crippen LogP contribution in [0, 0.1) is 5.82 Å². The quantitative estimate of drug-likeness (QED) is 0.497. The van der Waals surface area contributed by atoms with Crippen molar-refractivity contribution in [3.63, 3.8) is 0 Å². The molecule has 1 aromatic rings. The highest BCUT2D eigenvalue weighted by Gasteiger charge is 1.96. The number of nitrogens with zero attached hydrogens (tertiary/aromatic N) is 1. The Bertz CT molecular complexity index is 347. The molecule has 1 aromatic carbocycles. The van der Waals surface area contributed by atoms with Gasteiger partial charge in [0.05, 0.1) is 6.54 Å². The standard InChI is InChI=1S/C12H18FN3.HI/c1-3-14-12(15-4-2)16-9-10-6-5-7-11(13)8-10;/h5-8H,3-4,9H2,1-2H3,(H2,14,15,16);1H. The van der Waals surface area contributed by atoms with Crippen LogP contribution in [0.15, 0.2) is 29.3 Å². The molecule has 17 heavy (non-hydrogen) atoms. The summed E-state index contributed by atoms with van der Waals surface area (Å²) in [7, 11) is 0. The Balaban J connectivity index is 0.00000256. The molecule has 0 heterocycles. The average molecular weight is 351 g/mol. The molecular weight excluding hydrogens is 332 g/mol. The lowest BCUT2D eigenvalue weighted by Crippen LogP contribution is -2.36. The Labute approximate surface area is 119 Å². The Hall–Kier alpha value is -0.850. The molecule has 0 radical (unpaired) electrons. The average Bonchev–Trinajstić information content (AvgIpc) is 2.27. The monoisotopic (exact) mass is 351 g/mol. The van der Waals surface area contributed by atoms with Crippen molar-refractivity contribution >= 4 is 29.9 Å². The SMILES string of the molecule is CCNC(=NCc1cccc(F)c1)NCC.I. The van der Waals surface area contributed by atoms with Crippen molar-refractivity contribution in [3.05, 3.63) is 35.6 Å². The third-order valence-corrected chi connectivity index (χ3v) is 2.00. The number of halogens is 2. The fraction of sp³-hybridized carbons (Fsp3) is 0.417. The van der Waals surface area contributed by atoms with Gasteiger partial charge < -0.3 is 10.6 Å². The minimum atomic E-state index is -0.221. The summed E-state index contributed by atoms with van der Waals surface area (Å²) in [6, 6.07) is 6.49. The third kappa shape index (κ3) is 6.45. The molecule has 0 aliphatic carbocycles. The van der Waals surface area contributed by atoms with E-state index in [1.54, 1.807) is 6.07 Å². The van der Waals surface area contributed by atoms with Crippen LogP contribution in [0.3, 0.4) is 0 Å². The van der Waals surface area contributed by atoms with Crippen LogP contribution in [0.5, 0.6) is 0 Å². The topological polar surface area (TPSA) is 36.4 Å². The van der Waals surface area contributed by atoms with Crippen LogP contribution in [0.2, 0.25) is 0 Å². The van der Waals surface area contributed by atoms with Crippen LogP contribution >= 0.6 is 24.0 Å². The molecule has 0 amide bonds. The van der Waals surface area contributed by atoms with Crippen LogP contribution in [0.1, 0.15) is 19.4 Å². The Morgan fingerprint density at radius 1 is 1.24 bits per heavy atom. The van der Waals surface area contributed by atoms with E-state index in [0.717, 1.165) is 24.6 Å². The fourth-order valence-corrected chi connectivity index (χ4v) is 1.31. The van der Waals surface area contributed by atoms with E-state index < -0.39 is 0 Å². The fourth-order valence-electron chi connectivity index (χ4n) is 1.31. The van der Waals surface area contributed by atoms with Gasteiger partial charge in [0, 0.05) is 13.1 Å². The van der Waals surface area contributed by atoms with E-state index in [0.29, 0.717) is 6.54 Å². The van der Waals surface area contributed by atoms with E-state index >= 15 is 0 Å². The molecule has 0 unspecified atom stereocenters. The molecule has 0 aromatic heterocycles. The number of rotatable bonds is 4. The zero-order chi connectivity index (χ0) is 11.8. The lowest BCUT2D eigenvalue weighted by molar-refractivity contribution is 0.625. The molecule has 0 atom stereocenters. The van der Waals surface area contributed by atoms with Gasteiger partial charge in [0.25, 0.3) is 0 Å². The van der Waals surface area contributed by atoms with E-state index in [4.69, 9.17) is 0 Å². The molecule has 0 aliphatic heterocycles. The van der Waals surface area contributed by atoms with E-state index in [-0.39, 0.29) is 29.8 Å². The molecule has 96 valence electrons. The van der Waals surface area contributed by atoms with Crippen molar-refractivity contribution in [3.8, 4) is 0 Å². The molecular formula is C12H19FIN3. The summed E-state index contributed by atoms with van der Waals surface area (Å²) in [4.78, 5) is 4.34. The van der Waals surface area contributed by atoms with Gasteiger partial charge in [-0.2, -0.15) is 0 Å². The van der Waals surface area contributed by atoms with Gasteiger partial charge in [-0.15, -0.1) is 24.0 Å². The van der Waals surface area contributed by atoms with Crippen LogP contribution in [0.25, 0.3) is 0 Å². The first-order valence-electron chi connectivity index (χ1n) is 5.53. The van der Waals surface area contributed by atoms with Crippen molar-refractivity contribution in [2.24, 2.45) is 4.99 Å². The van der Waals surface area contributed by atoms with Gasteiger partial charge in [-0.05, 0) is 31.5 Å². The predicted molar refractivity (Wildman–Crippen MR) is 80.3 cm³/mol. The number of hydrogen-bond donors (Lipinski definition) is 2. The first-order chi connectivity index (χ1) is 7.76. The number of benzene rings is 1. The second-order valence-electron chi connectivity index (χ2n) is 3.36. The zero-order valence-corrected chi connectivity index (χ0v) is 12.5. The molecule has 0 saturated carbocycles. The largest absolute Gasteiger partial charge is 0.357 e. The van der Waals surface area contributed by atoms with Crippen LogP contribution in [-0.4, -0.2) is 19.0 Å². The minimum absolute atomic E-state index is 0. The first-order valence-corrected chi connectivity index (χ1v) is 5.53. The lowest BCUT2D eigenvalue weighted by Gasteiger charge is -2.08. The highest BCUT2D eigenvalue weighted by atomic mass is 127. The van der Waals surface area contributed by atoms with Crippen LogP contribution in [0.4, 0.5) is 4.39 Å². The molecule has 0 spiro atoms. The van der Waals surface area contributed by atoms with Gasteiger partial charge in [-0.25, -0.2) is 9.38 Å². The number of hydrogen-bond acceptors (Lipinski definition) is 1. The second-order valence-corrected chi connectivity index (χ2v) is 3.36. The molecule has 0 bridgehead atoms. The van der Waals surface area contributed by atoms with Crippen molar-refractivity contribution in [1.29, 1.82) is 0 Å². The highest BCUT2D eigenvalue weighted by molar-refractivity contribution is 14.0. The number of nitrogens with one attached hydrogen (secondary N) is 2. The summed E-state index contributed by atoms with van der Waals surface area (Å²) >= 11 is 0. The Morgan fingerprint density at radius 2 is 1.88 bits per heavy atom. The summed E-state index contributed by atoms with van der Waals surface area (Å²) < 4.78 is 12.9. The lowest BCUT2D eigenvalue weighted by atomic mass is 10.2. The van der Waals surface area contributed by atoms with E-state index in [2.05, 4.69) is 15.6 Å². The summed E-state index contributed by atoms with van der Waals surface area (Å²) in [5.41, 5.74) is 0.869. The van der Waals surface area contributed by atoms with Gasteiger partial charge in [0.15, 0.2) is 5.96 Å². The Morgan fingerprint density at radius 3 is 2.41 bits per heavy atom. The predicted octanol–water partition coefficient (Wildman–Crippen LogP) is 2.52. The summed E-state index contributed by atoms with van der Waals surface area (Å²) in [5.74, 6) is 0.537. The number of guanidine groups is 1. The molecule has 5 heteroatoms. The second kappa shape index (κ2) is 9.21. The summed E-state index contributed by atoms with van der Waals surface area (Å²) in [6.07, 6.45) is 0. The van der Waals surface area contributed by atoms with Gasteiger partial charge in [0.1, 0.15) is 5.82 Å². The van der Waals surface area contributed by atoms with Crippen molar-refractivity contribution in [2.45, 2.75) is 20.4 Å². The summed E-state index contributed by atoms with van der Waals surface area (Å²) in [6.45, 7) is 6.13. The summed E-state index contributed by atoms with van der Waals surface area (Å²) in [5, 5.41) is 6.23.